The molecule has 176 valence electrons. The van der Waals surface area contributed by atoms with Gasteiger partial charge in [-0.2, -0.15) is 0 Å². The lowest BCUT2D eigenvalue weighted by Gasteiger charge is -2.10. The second-order valence-electron chi connectivity index (χ2n) is 7.09. The molecule has 10 nitrogen and oxygen atoms in total. The molecule has 0 radical (unpaired) electrons. The number of anilines is 1. The van der Waals surface area contributed by atoms with Crippen LogP contribution in [0.25, 0.3) is 11.1 Å². The summed E-state index contributed by atoms with van der Waals surface area (Å²) in [6.45, 7) is 0.00495. The van der Waals surface area contributed by atoms with Crippen LogP contribution in [0.1, 0.15) is 16.8 Å². The molecule has 0 saturated carbocycles. The first-order valence-electron chi connectivity index (χ1n) is 9.80. The zero-order chi connectivity index (χ0) is 24.9. The van der Waals surface area contributed by atoms with Crippen molar-refractivity contribution in [1.82, 2.24) is 5.32 Å². The van der Waals surface area contributed by atoms with Crippen LogP contribution in [0.4, 0.5) is 11.4 Å². The number of amides is 2. The van der Waals surface area contributed by atoms with E-state index < -0.39 is 26.8 Å². The number of rotatable bonds is 8. The fourth-order valence-electron chi connectivity index (χ4n) is 3.12. The number of nitro groups is 1. The van der Waals surface area contributed by atoms with Gasteiger partial charge in [0, 0.05) is 34.6 Å². The van der Waals surface area contributed by atoms with Crippen molar-refractivity contribution in [2.24, 2.45) is 5.14 Å². The largest absolute Gasteiger partial charge is 0.352 e. The molecule has 12 heteroatoms. The van der Waals surface area contributed by atoms with Gasteiger partial charge in [-0.25, -0.2) is 13.6 Å². The summed E-state index contributed by atoms with van der Waals surface area (Å²) < 4.78 is 24.1. The van der Waals surface area contributed by atoms with E-state index in [2.05, 4.69) is 26.6 Å². The molecule has 0 aliphatic carbocycles. The first-order valence-corrected chi connectivity index (χ1v) is 12.1. The Bertz CT molecular complexity index is 1360. The van der Waals surface area contributed by atoms with Crippen molar-refractivity contribution in [1.29, 1.82) is 0 Å². The molecule has 2 amide bonds. The summed E-state index contributed by atoms with van der Waals surface area (Å²) in [7, 11) is -3.92. The average Bonchev–Trinajstić information content (AvgIpc) is 2.79. The number of nitrogens with one attached hydrogen (secondary N) is 2. The highest BCUT2D eigenvalue weighted by molar-refractivity contribution is 9.10. The van der Waals surface area contributed by atoms with E-state index >= 15 is 0 Å². The Labute approximate surface area is 203 Å². The molecule has 0 bridgehead atoms. The standard InChI is InChI=1S/C22H19BrN4O6S/c23-16-9-10-18(19(13-16)27(30)31)26-21(28)11-12-25-22(29)15-7-5-14(6-8-15)17-3-1-2-4-20(17)34(24,32)33/h1-10,13H,11-12H2,(H,25,29)(H,26,28)(H2,24,32,33). The number of hydrogen-bond acceptors (Lipinski definition) is 6. The van der Waals surface area contributed by atoms with Gasteiger partial charge < -0.3 is 10.6 Å². The molecule has 0 atom stereocenters. The van der Waals surface area contributed by atoms with E-state index in [1.54, 1.807) is 36.4 Å². The van der Waals surface area contributed by atoms with Crippen LogP contribution in [0, 0.1) is 10.1 Å². The molecule has 0 saturated heterocycles. The Balaban J connectivity index is 1.60. The van der Waals surface area contributed by atoms with E-state index in [-0.39, 0.29) is 29.2 Å². The number of carbonyl (C=O) groups is 2. The SMILES string of the molecule is NS(=O)(=O)c1ccccc1-c1ccc(C(=O)NCCC(=O)Nc2ccc(Br)cc2[N+](=O)[O-])cc1. The number of benzene rings is 3. The summed E-state index contributed by atoms with van der Waals surface area (Å²) in [5.74, 6) is -0.936. The van der Waals surface area contributed by atoms with Crippen molar-refractivity contribution < 1.29 is 22.9 Å². The van der Waals surface area contributed by atoms with Crippen molar-refractivity contribution in [3.63, 3.8) is 0 Å². The van der Waals surface area contributed by atoms with E-state index in [9.17, 15) is 28.1 Å². The molecule has 0 fully saturated rings. The van der Waals surface area contributed by atoms with Gasteiger partial charge in [0.05, 0.1) is 9.82 Å². The molecule has 0 unspecified atom stereocenters. The van der Waals surface area contributed by atoms with Crippen LogP contribution in [0.3, 0.4) is 0 Å². The van der Waals surface area contributed by atoms with E-state index in [1.165, 1.54) is 30.3 Å². The minimum atomic E-state index is -3.92. The lowest BCUT2D eigenvalue weighted by molar-refractivity contribution is -0.384. The van der Waals surface area contributed by atoms with E-state index in [0.29, 0.717) is 21.2 Å². The summed E-state index contributed by atoms with van der Waals surface area (Å²) in [5, 5.41) is 21.5. The van der Waals surface area contributed by atoms with Crippen molar-refractivity contribution >= 4 is 49.1 Å². The summed E-state index contributed by atoms with van der Waals surface area (Å²) in [6, 6.07) is 16.8. The highest BCUT2D eigenvalue weighted by atomic mass is 79.9. The summed E-state index contributed by atoms with van der Waals surface area (Å²) >= 11 is 3.14. The Morgan fingerprint density at radius 1 is 1.03 bits per heavy atom. The molecule has 0 aliphatic rings. The first kappa shape index (κ1) is 25.0. The van der Waals surface area contributed by atoms with Crippen molar-refractivity contribution in [3.8, 4) is 11.1 Å². The van der Waals surface area contributed by atoms with Gasteiger partial charge >= 0.3 is 0 Å². The second kappa shape index (κ2) is 10.5. The lowest BCUT2D eigenvalue weighted by Crippen LogP contribution is -2.27. The van der Waals surface area contributed by atoms with Crippen molar-refractivity contribution in [3.05, 3.63) is 86.9 Å². The van der Waals surface area contributed by atoms with Gasteiger partial charge in [0.2, 0.25) is 15.9 Å². The minimum Gasteiger partial charge on any atom is -0.352 e. The number of sulfonamides is 1. The molecule has 3 aromatic rings. The van der Waals surface area contributed by atoms with Crippen LogP contribution in [0.2, 0.25) is 0 Å². The van der Waals surface area contributed by atoms with Gasteiger partial charge in [-0.3, -0.25) is 19.7 Å². The third-order valence-corrected chi connectivity index (χ3v) is 6.18. The third kappa shape index (κ3) is 6.25. The molecule has 0 heterocycles. The number of nitrogens with zero attached hydrogens (tertiary/aromatic N) is 1. The Morgan fingerprint density at radius 2 is 1.71 bits per heavy atom. The Hall–Kier alpha value is -3.61. The fraction of sp³-hybridized carbons (Fsp3) is 0.0909. The summed E-state index contributed by atoms with van der Waals surface area (Å²) in [6.07, 6.45) is -0.0984. The van der Waals surface area contributed by atoms with Gasteiger partial charge in [0.25, 0.3) is 11.6 Å². The first-order chi connectivity index (χ1) is 16.1. The normalized spacial score (nSPS) is 11.0. The van der Waals surface area contributed by atoms with Crippen LogP contribution in [-0.4, -0.2) is 31.7 Å². The molecule has 0 aromatic heterocycles. The molecule has 3 rings (SSSR count). The zero-order valence-electron chi connectivity index (χ0n) is 17.5. The monoisotopic (exact) mass is 546 g/mol. The number of carbonyl (C=O) groups excluding carboxylic acids is 2. The quantitative estimate of drug-likeness (QED) is 0.289. The zero-order valence-corrected chi connectivity index (χ0v) is 19.9. The topological polar surface area (TPSA) is 162 Å². The lowest BCUT2D eigenvalue weighted by atomic mass is 10.0. The Kier molecular flexibility index (Phi) is 7.76. The van der Waals surface area contributed by atoms with E-state index in [0.717, 1.165) is 0 Å². The maximum absolute atomic E-state index is 12.4. The molecule has 0 spiro atoms. The van der Waals surface area contributed by atoms with Crippen LogP contribution >= 0.6 is 15.9 Å². The summed E-state index contributed by atoms with van der Waals surface area (Å²) in [5.41, 5.74) is 1.09. The molecular formula is C22H19BrN4O6S. The molecule has 3 aromatic carbocycles. The predicted molar refractivity (Wildman–Crippen MR) is 130 cm³/mol. The fourth-order valence-corrected chi connectivity index (χ4v) is 4.23. The highest BCUT2D eigenvalue weighted by Gasteiger charge is 2.17. The number of hydrogen-bond donors (Lipinski definition) is 3. The van der Waals surface area contributed by atoms with Crippen LogP contribution < -0.4 is 15.8 Å². The Morgan fingerprint density at radius 3 is 2.35 bits per heavy atom. The number of nitrogens with two attached hydrogens (primary N) is 1. The van der Waals surface area contributed by atoms with Gasteiger partial charge in [0.15, 0.2) is 0 Å². The van der Waals surface area contributed by atoms with Crippen LogP contribution in [0.5, 0.6) is 0 Å². The van der Waals surface area contributed by atoms with Gasteiger partial charge in [-0.05, 0) is 35.9 Å². The van der Waals surface area contributed by atoms with Gasteiger partial charge in [-0.1, -0.05) is 46.3 Å². The van der Waals surface area contributed by atoms with Crippen molar-refractivity contribution in [2.45, 2.75) is 11.3 Å². The van der Waals surface area contributed by atoms with E-state index in [1.807, 2.05) is 0 Å². The minimum absolute atomic E-state index is 0.00495. The highest BCUT2D eigenvalue weighted by Crippen LogP contribution is 2.28. The van der Waals surface area contributed by atoms with E-state index in [4.69, 9.17) is 5.14 Å². The number of nitro benzene ring substituents is 1. The average molecular weight is 547 g/mol. The number of primary sulfonamides is 1. The summed E-state index contributed by atoms with van der Waals surface area (Å²) in [4.78, 5) is 35.0. The van der Waals surface area contributed by atoms with Gasteiger partial charge in [0.1, 0.15) is 5.69 Å². The molecule has 0 aliphatic heterocycles. The molecule has 34 heavy (non-hydrogen) atoms. The van der Waals surface area contributed by atoms with Crippen molar-refractivity contribution in [2.75, 3.05) is 11.9 Å². The molecule has 4 N–H and O–H groups in total. The predicted octanol–water partition coefficient (Wildman–Crippen LogP) is 3.43. The maximum Gasteiger partial charge on any atom is 0.293 e. The molecular weight excluding hydrogens is 528 g/mol. The van der Waals surface area contributed by atoms with Gasteiger partial charge in [-0.15, -0.1) is 0 Å². The van der Waals surface area contributed by atoms with Crippen LogP contribution in [0.15, 0.2) is 76.1 Å². The maximum atomic E-state index is 12.4. The second-order valence-corrected chi connectivity index (χ2v) is 9.54. The van der Waals surface area contributed by atoms with Crippen LogP contribution in [-0.2, 0) is 14.8 Å². The smallest absolute Gasteiger partial charge is 0.293 e. The third-order valence-electron chi connectivity index (χ3n) is 4.72. The number of halogens is 1.